The van der Waals surface area contributed by atoms with Crippen LogP contribution in [0.2, 0.25) is 0 Å². The van der Waals surface area contributed by atoms with E-state index in [0.717, 1.165) is 11.1 Å². The molecule has 218 valence electrons. The Bertz CT molecular complexity index is 1440. The predicted octanol–water partition coefficient (Wildman–Crippen LogP) is 4.91. The number of anilines is 1. The van der Waals surface area contributed by atoms with Gasteiger partial charge in [0.1, 0.15) is 23.5 Å². The number of hydrogen-bond donors (Lipinski definition) is 2. The second-order valence-electron chi connectivity index (χ2n) is 11.1. The molecule has 0 spiro atoms. The van der Waals surface area contributed by atoms with E-state index >= 15 is 0 Å². The molecule has 0 saturated carbocycles. The molecule has 1 unspecified atom stereocenters. The number of benzene rings is 3. The topological polar surface area (TPSA) is 114 Å². The molecule has 41 heavy (non-hydrogen) atoms. The van der Waals surface area contributed by atoms with Crippen molar-refractivity contribution >= 4 is 27.7 Å². The molecular formula is C31H37N3O6S. The normalized spacial score (nSPS) is 16.2. The van der Waals surface area contributed by atoms with Gasteiger partial charge >= 0.3 is 6.09 Å². The summed E-state index contributed by atoms with van der Waals surface area (Å²) in [6, 6.07) is 21.5. The molecule has 1 aliphatic rings. The second kappa shape index (κ2) is 12.7. The highest BCUT2D eigenvalue weighted by Crippen LogP contribution is 2.23. The van der Waals surface area contributed by atoms with E-state index in [1.807, 2.05) is 58.0 Å². The fourth-order valence-corrected chi connectivity index (χ4v) is 5.56. The summed E-state index contributed by atoms with van der Waals surface area (Å²) < 4.78 is 40.3. The summed E-state index contributed by atoms with van der Waals surface area (Å²) >= 11 is 0. The quantitative estimate of drug-likeness (QED) is 0.372. The van der Waals surface area contributed by atoms with Gasteiger partial charge in [0.15, 0.2) is 0 Å². The zero-order valence-electron chi connectivity index (χ0n) is 23.8. The SMILES string of the molecule is Cc1ccc(S(=O)(=O)N[C@@H](Cc2ccccc2)C(=O)Nc2ccc(OC3CCN(C(=O)OC(C)(C)C)C3)cc2)cc1. The smallest absolute Gasteiger partial charge is 0.410 e. The van der Waals surface area contributed by atoms with Crippen molar-refractivity contribution in [3.8, 4) is 5.75 Å². The lowest BCUT2D eigenvalue weighted by molar-refractivity contribution is -0.117. The molecule has 0 radical (unpaired) electrons. The molecule has 0 aliphatic carbocycles. The molecule has 10 heteroatoms. The van der Waals surface area contributed by atoms with Crippen LogP contribution in [0.4, 0.5) is 10.5 Å². The van der Waals surface area contributed by atoms with Crippen LogP contribution in [-0.2, 0) is 26.0 Å². The number of aryl methyl sites for hydroxylation is 1. The Balaban J connectivity index is 1.39. The summed E-state index contributed by atoms with van der Waals surface area (Å²) in [4.78, 5) is 27.4. The van der Waals surface area contributed by atoms with E-state index in [1.54, 1.807) is 41.3 Å². The number of nitrogens with one attached hydrogen (secondary N) is 2. The summed E-state index contributed by atoms with van der Waals surface area (Å²) in [7, 11) is -3.94. The molecule has 9 nitrogen and oxygen atoms in total. The van der Waals surface area contributed by atoms with Crippen LogP contribution in [0.25, 0.3) is 0 Å². The molecule has 4 rings (SSSR count). The first-order valence-corrected chi connectivity index (χ1v) is 15.0. The number of carbonyl (C=O) groups is 2. The fraction of sp³-hybridized carbons (Fsp3) is 0.355. The van der Waals surface area contributed by atoms with Crippen LogP contribution in [0.15, 0.2) is 83.8 Å². The monoisotopic (exact) mass is 579 g/mol. The zero-order valence-corrected chi connectivity index (χ0v) is 24.6. The molecule has 0 aromatic heterocycles. The lowest BCUT2D eigenvalue weighted by Gasteiger charge is -2.24. The highest BCUT2D eigenvalue weighted by Gasteiger charge is 2.31. The molecule has 1 saturated heterocycles. The second-order valence-corrected chi connectivity index (χ2v) is 12.9. The average molecular weight is 580 g/mol. The van der Waals surface area contributed by atoms with E-state index in [4.69, 9.17) is 9.47 Å². The first-order chi connectivity index (χ1) is 19.4. The molecule has 3 aromatic rings. The molecule has 3 aromatic carbocycles. The largest absolute Gasteiger partial charge is 0.489 e. The number of carbonyl (C=O) groups excluding carboxylic acids is 2. The summed E-state index contributed by atoms with van der Waals surface area (Å²) in [5.41, 5.74) is 1.69. The molecular weight excluding hydrogens is 542 g/mol. The number of ether oxygens (including phenoxy) is 2. The maximum absolute atomic E-state index is 13.3. The molecule has 2 atom stereocenters. The minimum atomic E-state index is -3.94. The van der Waals surface area contributed by atoms with Crippen molar-refractivity contribution < 1.29 is 27.5 Å². The van der Waals surface area contributed by atoms with Crippen LogP contribution < -0.4 is 14.8 Å². The van der Waals surface area contributed by atoms with E-state index in [9.17, 15) is 18.0 Å². The van der Waals surface area contributed by atoms with Crippen molar-refractivity contribution in [2.24, 2.45) is 0 Å². The lowest BCUT2D eigenvalue weighted by atomic mass is 10.1. The number of nitrogens with zero attached hydrogens (tertiary/aromatic N) is 1. The first kappa shape index (κ1) is 30.1. The number of sulfonamides is 1. The van der Waals surface area contributed by atoms with Crippen LogP contribution in [0, 0.1) is 6.92 Å². The predicted molar refractivity (Wildman–Crippen MR) is 157 cm³/mol. The molecule has 1 aliphatic heterocycles. The van der Waals surface area contributed by atoms with Crippen molar-refractivity contribution in [3.63, 3.8) is 0 Å². The van der Waals surface area contributed by atoms with Crippen LogP contribution in [0.5, 0.6) is 5.75 Å². The lowest BCUT2D eigenvalue weighted by Crippen LogP contribution is -2.45. The van der Waals surface area contributed by atoms with Crippen LogP contribution in [0.3, 0.4) is 0 Å². The Kier molecular flexibility index (Phi) is 9.35. The number of likely N-dealkylation sites (tertiary alicyclic amines) is 1. The Labute approximate surface area is 241 Å². The minimum absolute atomic E-state index is 0.0904. The number of amides is 2. The Morgan fingerprint density at radius 2 is 1.63 bits per heavy atom. The molecule has 2 N–H and O–H groups in total. The van der Waals surface area contributed by atoms with Gasteiger partial charge in [-0.2, -0.15) is 4.72 Å². The van der Waals surface area contributed by atoms with Gasteiger partial charge in [-0.3, -0.25) is 4.79 Å². The van der Waals surface area contributed by atoms with E-state index in [1.165, 1.54) is 12.1 Å². The highest BCUT2D eigenvalue weighted by molar-refractivity contribution is 7.89. The number of hydrogen-bond acceptors (Lipinski definition) is 6. The Morgan fingerprint density at radius 1 is 0.976 bits per heavy atom. The van der Waals surface area contributed by atoms with Crippen LogP contribution >= 0.6 is 0 Å². The third kappa shape index (κ3) is 8.80. The van der Waals surface area contributed by atoms with Crippen molar-refractivity contribution in [1.29, 1.82) is 0 Å². The van der Waals surface area contributed by atoms with Crippen LogP contribution in [0.1, 0.15) is 38.3 Å². The van der Waals surface area contributed by atoms with E-state index in [2.05, 4.69) is 10.0 Å². The zero-order chi connectivity index (χ0) is 29.6. The summed E-state index contributed by atoms with van der Waals surface area (Å²) in [5, 5.41) is 2.82. The average Bonchev–Trinajstić information content (AvgIpc) is 3.38. The van der Waals surface area contributed by atoms with E-state index in [-0.39, 0.29) is 23.5 Å². The molecule has 0 bridgehead atoms. The minimum Gasteiger partial charge on any atom is -0.489 e. The molecule has 1 fully saturated rings. The van der Waals surface area contributed by atoms with Gasteiger partial charge in [0.05, 0.1) is 11.4 Å². The summed E-state index contributed by atoms with van der Waals surface area (Å²) in [6.45, 7) is 8.34. The Hall–Kier alpha value is -3.89. The highest BCUT2D eigenvalue weighted by atomic mass is 32.2. The molecule has 2 amide bonds. The van der Waals surface area contributed by atoms with Gasteiger partial charge in [-0.15, -0.1) is 0 Å². The summed E-state index contributed by atoms with van der Waals surface area (Å²) in [6.07, 6.45) is 0.327. The Morgan fingerprint density at radius 3 is 2.27 bits per heavy atom. The van der Waals surface area contributed by atoms with Gasteiger partial charge in [-0.25, -0.2) is 13.2 Å². The summed E-state index contributed by atoms with van der Waals surface area (Å²) in [5.74, 6) is 0.113. The molecule has 1 heterocycles. The maximum atomic E-state index is 13.3. The third-order valence-corrected chi connectivity index (χ3v) is 7.94. The van der Waals surface area contributed by atoms with Crippen molar-refractivity contribution in [2.75, 3.05) is 18.4 Å². The van der Waals surface area contributed by atoms with E-state index in [0.29, 0.717) is 30.9 Å². The third-order valence-electron chi connectivity index (χ3n) is 6.45. The van der Waals surface area contributed by atoms with Gasteiger partial charge in [-0.05, 0) is 76.1 Å². The van der Waals surface area contributed by atoms with Crippen molar-refractivity contribution in [2.45, 2.75) is 63.2 Å². The van der Waals surface area contributed by atoms with Gasteiger partial charge in [0.2, 0.25) is 15.9 Å². The first-order valence-electron chi connectivity index (χ1n) is 13.6. The van der Waals surface area contributed by atoms with E-state index < -0.39 is 27.6 Å². The van der Waals surface area contributed by atoms with Crippen molar-refractivity contribution in [3.05, 3.63) is 90.0 Å². The fourth-order valence-electron chi connectivity index (χ4n) is 4.37. The van der Waals surface area contributed by atoms with Gasteiger partial charge in [0, 0.05) is 18.7 Å². The van der Waals surface area contributed by atoms with Gasteiger partial charge in [0.25, 0.3) is 0 Å². The maximum Gasteiger partial charge on any atom is 0.410 e. The standard InChI is InChI=1S/C31H37N3O6S/c1-22-10-16-27(17-11-22)41(37,38)33-28(20-23-8-6-5-7-9-23)29(35)32-24-12-14-25(15-13-24)39-26-18-19-34(21-26)30(36)40-31(2,3)4/h5-17,26,28,33H,18-21H2,1-4H3,(H,32,35)/t26?,28-/m0/s1. The van der Waals surface area contributed by atoms with Gasteiger partial charge in [-0.1, -0.05) is 48.0 Å². The van der Waals surface area contributed by atoms with Gasteiger partial charge < -0.3 is 19.7 Å². The number of rotatable bonds is 9. The van der Waals surface area contributed by atoms with Crippen LogP contribution in [-0.4, -0.2) is 56.2 Å². The van der Waals surface area contributed by atoms with Crippen molar-refractivity contribution in [1.82, 2.24) is 9.62 Å².